The van der Waals surface area contributed by atoms with Gasteiger partial charge in [0.05, 0.1) is 23.5 Å². The highest BCUT2D eigenvalue weighted by atomic mass is 16.5. The van der Waals surface area contributed by atoms with Gasteiger partial charge in [0.2, 0.25) is 5.91 Å². The molecule has 2 aromatic carbocycles. The van der Waals surface area contributed by atoms with E-state index in [1.165, 1.54) is 11.6 Å². The van der Waals surface area contributed by atoms with Crippen LogP contribution in [0.2, 0.25) is 0 Å². The molecule has 0 aliphatic carbocycles. The first kappa shape index (κ1) is 20.3. The third-order valence-electron chi connectivity index (χ3n) is 4.72. The van der Waals surface area contributed by atoms with Gasteiger partial charge in [-0.15, -0.1) is 0 Å². The molecule has 0 radical (unpaired) electrons. The molecule has 0 bridgehead atoms. The molecule has 31 heavy (non-hydrogen) atoms. The van der Waals surface area contributed by atoms with Gasteiger partial charge in [0.1, 0.15) is 5.75 Å². The summed E-state index contributed by atoms with van der Waals surface area (Å²) in [4.78, 5) is 28.8. The van der Waals surface area contributed by atoms with E-state index in [4.69, 9.17) is 4.74 Å². The summed E-state index contributed by atoms with van der Waals surface area (Å²) in [6.45, 7) is 5.36. The van der Waals surface area contributed by atoms with Crippen LogP contribution in [0.1, 0.15) is 35.9 Å². The number of anilines is 1. The Labute approximate surface area is 179 Å². The van der Waals surface area contributed by atoms with Gasteiger partial charge in [-0.1, -0.05) is 12.1 Å². The summed E-state index contributed by atoms with van der Waals surface area (Å²) in [6.07, 6.45) is 5.07. The maximum absolute atomic E-state index is 12.8. The number of hydrogen-bond acceptors (Lipinski definition) is 5. The Morgan fingerprint density at radius 2 is 1.84 bits per heavy atom. The first-order chi connectivity index (χ1) is 14.9. The summed E-state index contributed by atoms with van der Waals surface area (Å²) in [6, 6.07) is 14.5. The lowest BCUT2D eigenvalue weighted by atomic mass is 10.0. The molecule has 0 saturated carbocycles. The molecule has 2 aromatic heterocycles. The number of nitrogens with one attached hydrogen (secondary N) is 1. The normalized spacial score (nSPS) is 11.0. The minimum atomic E-state index is -0.236. The van der Waals surface area contributed by atoms with Gasteiger partial charge in [-0.2, -0.15) is 5.10 Å². The average Bonchev–Trinajstić information content (AvgIpc) is 3.24. The smallest absolute Gasteiger partial charge is 0.255 e. The molecule has 1 N–H and O–H groups in total. The van der Waals surface area contributed by atoms with E-state index >= 15 is 0 Å². The van der Waals surface area contributed by atoms with Crippen molar-refractivity contribution < 1.29 is 14.3 Å². The standard InChI is InChI=1S/C24H22N4O3/c1-15(2)31-19-9-7-17(8-10-19)24(30)27-22-6-4-5-21-20(11-12-25-23(21)22)18-13-26-28(14-18)16(3)29/h4-15H,1-3H3,(H,27,30). The van der Waals surface area contributed by atoms with Crippen molar-refractivity contribution >= 4 is 28.4 Å². The van der Waals surface area contributed by atoms with Crippen molar-refractivity contribution in [2.75, 3.05) is 5.32 Å². The summed E-state index contributed by atoms with van der Waals surface area (Å²) in [7, 11) is 0. The minimum Gasteiger partial charge on any atom is -0.491 e. The van der Waals surface area contributed by atoms with Crippen LogP contribution in [0.4, 0.5) is 5.69 Å². The molecule has 7 nitrogen and oxygen atoms in total. The van der Waals surface area contributed by atoms with Crippen molar-refractivity contribution in [3.05, 3.63) is 72.7 Å². The lowest BCUT2D eigenvalue weighted by molar-refractivity contribution is 0.0920. The largest absolute Gasteiger partial charge is 0.491 e. The van der Waals surface area contributed by atoms with E-state index in [1.807, 2.05) is 38.1 Å². The Bertz CT molecular complexity index is 1260. The molecule has 0 spiro atoms. The number of ether oxygens (including phenoxy) is 1. The van der Waals surface area contributed by atoms with Crippen LogP contribution < -0.4 is 10.1 Å². The first-order valence-electron chi connectivity index (χ1n) is 9.94. The van der Waals surface area contributed by atoms with E-state index in [0.717, 1.165) is 16.5 Å². The Kier molecular flexibility index (Phi) is 5.49. The molecule has 2 heterocycles. The van der Waals surface area contributed by atoms with Crippen LogP contribution >= 0.6 is 0 Å². The second-order valence-electron chi connectivity index (χ2n) is 7.40. The van der Waals surface area contributed by atoms with Gasteiger partial charge in [-0.25, -0.2) is 4.68 Å². The van der Waals surface area contributed by atoms with Crippen molar-refractivity contribution in [1.29, 1.82) is 0 Å². The Morgan fingerprint density at radius 3 is 2.52 bits per heavy atom. The first-order valence-corrected chi connectivity index (χ1v) is 9.94. The summed E-state index contributed by atoms with van der Waals surface area (Å²) in [5, 5.41) is 7.90. The number of nitrogens with zero attached hydrogens (tertiary/aromatic N) is 3. The fourth-order valence-corrected chi connectivity index (χ4v) is 3.31. The molecular weight excluding hydrogens is 392 g/mol. The van der Waals surface area contributed by atoms with Gasteiger partial charge in [0, 0.05) is 35.8 Å². The van der Waals surface area contributed by atoms with E-state index in [0.29, 0.717) is 22.5 Å². The Morgan fingerprint density at radius 1 is 1.06 bits per heavy atom. The van der Waals surface area contributed by atoms with Gasteiger partial charge < -0.3 is 10.1 Å². The van der Waals surface area contributed by atoms with Gasteiger partial charge in [0.15, 0.2) is 0 Å². The second-order valence-corrected chi connectivity index (χ2v) is 7.40. The Balaban J connectivity index is 1.64. The number of amides is 1. The molecule has 156 valence electrons. The van der Waals surface area contributed by atoms with Crippen molar-refractivity contribution in [1.82, 2.24) is 14.8 Å². The molecular formula is C24H22N4O3. The molecule has 1 amide bonds. The van der Waals surface area contributed by atoms with Crippen molar-refractivity contribution in [2.45, 2.75) is 26.9 Å². The maximum atomic E-state index is 12.8. The highest BCUT2D eigenvalue weighted by Crippen LogP contribution is 2.31. The summed E-state index contributed by atoms with van der Waals surface area (Å²) in [5.41, 5.74) is 3.46. The molecule has 4 aromatic rings. The monoisotopic (exact) mass is 414 g/mol. The molecule has 0 unspecified atom stereocenters. The molecule has 0 atom stereocenters. The van der Waals surface area contributed by atoms with Gasteiger partial charge in [-0.3, -0.25) is 14.6 Å². The van der Waals surface area contributed by atoms with E-state index in [9.17, 15) is 9.59 Å². The van der Waals surface area contributed by atoms with E-state index in [-0.39, 0.29) is 17.9 Å². The number of para-hydroxylation sites is 1. The number of carbonyl (C=O) groups is 2. The van der Waals surface area contributed by atoms with Crippen LogP contribution in [0.3, 0.4) is 0 Å². The average molecular weight is 414 g/mol. The quantitative estimate of drug-likeness (QED) is 0.507. The topological polar surface area (TPSA) is 86.1 Å². The van der Waals surface area contributed by atoms with Crippen LogP contribution in [-0.2, 0) is 0 Å². The number of carbonyl (C=O) groups excluding carboxylic acids is 2. The molecule has 7 heteroatoms. The number of aromatic nitrogens is 3. The predicted octanol–water partition coefficient (Wildman–Crippen LogP) is 4.80. The fraction of sp³-hybridized carbons (Fsp3) is 0.167. The van der Waals surface area contributed by atoms with Gasteiger partial charge >= 0.3 is 0 Å². The second kappa shape index (κ2) is 8.39. The summed E-state index contributed by atoms with van der Waals surface area (Å²) >= 11 is 0. The van der Waals surface area contributed by atoms with Crippen molar-refractivity contribution in [3.63, 3.8) is 0 Å². The molecule has 4 rings (SSSR count). The highest BCUT2D eigenvalue weighted by Gasteiger charge is 2.13. The van der Waals surface area contributed by atoms with E-state index in [1.54, 1.807) is 42.9 Å². The number of rotatable bonds is 5. The SMILES string of the molecule is CC(=O)n1cc(-c2ccnc3c(NC(=O)c4ccc(OC(C)C)cc4)cccc23)cn1. The number of benzene rings is 2. The van der Waals surface area contributed by atoms with Crippen molar-refractivity contribution in [2.24, 2.45) is 0 Å². The van der Waals surface area contributed by atoms with Crippen LogP contribution in [0.5, 0.6) is 5.75 Å². The third kappa shape index (κ3) is 4.30. The highest BCUT2D eigenvalue weighted by molar-refractivity contribution is 6.10. The maximum Gasteiger partial charge on any atom is 0.255 e. The number of pyridine rings is 1. The molecule has 0 aliphatic heterocycles. The molecule has 0 saturated heterocycles. The molecule has 0 aliphatic rings. The van der Waals surface area contributed by atoms with Crippen LogP contribution in [-0.4, -0.2) is 32.7 Å². The van der Waals surface area contributed by atoms with Crippen LogP contribution in [0.15, 0.2) is 67.1 Å². The summed E-state index contributed by atoms with van der Waals surface area (Å²) < 4.78 is 6.92. The van der Waals surface area contributed by atoms with E-state index in [2.05, 4.69) is 15.4 Å². The Hall–Kier alpha value is -4.00. The van der Waals surface area contributed by atoms with Crippen LogP contribution in [0, 0.1) is 0 Å². The zero-order chi connectivity index (χ0) is 22.0. The van der Waals surface area contributed by atoms with Gasteiger partial charge in [-0.05, 0) is 55.8 Å². The predicted molar refractivity (Wildman–Crippen MR) is 119 cm³/mol. The lowest BCUT2D eigenvalue weighted by Crippen LogP contribution is -2.12. The lowest BCUT2D eigenvalue weighted by Gasteiger charge is -2.12. The molecule has 0 fully saturated rings. The van der Waals surface area contributed by atoms with E-state index < -0.39 is 0 Å². The zero-order valence-electron chi connectivity index (χ0n) is 17.5. The number of hydrogen-bond donors (Lipinski definition) is 1. The van der Waals surface area contributed by atoms with Crippen molar-refractivity contribution in [3.8, 4) is 16.9 Å². The van der Waals surface area contributed by atoms with Gasteiger partial charge in [0.25, 0.3) is 5.91 Å². The minimum absolute atomic E-state index is 0.0678. The summed E-state index contributed by atoms with van der Waals surface area (Å²) in [5.74, 6) is 0.316. The number of fused-ring (bicyclic) bond motifs is 1. The van der Waals surface area contributed by atoms with Crippen LogP contribution in [0.25, 0.3) is 22.0 Å². The third-order valence-corrected chi connectivity index (χ3v) is 4.72. The zero-order valence-corrected chi connectivity index (χ0v) is 17.5. The fourth-order valence-electron chi connectivity index (χ4n) is 3.31.